The van der Waals surface area contributed by atoms with Crippen molar-refractivity contribution in [2.24, 2.45) is 10.9 Å². The van der Waals surface area contributed by atoms with Gasteiger partial charge >= 0.3 is 6.03 Å². The first kappa shape index (κ1) is 15.7. The van der Waals surface area contributed by atoms with Crippen LogP contribution in [0.15, 0.2) is 17.4 Å². The molecule has 1 N–H and O–H groups in total. The minimum Gasteiger partial charge on any atom is -0.283 e. The summed E-state index contributed by atoms with van der Waals surface area (Å²) in [5.74, 6) is -1.52. The Balaban J connectivity index is 2.44. The molecule has 2 heterocycles. The number of carbonyl (C=O) groups is 2. The highest BCUT2D eigenvalue weighted by molar-refractivity contribution is 6.19. The van der Waals surface area contributed by atoms with Gasteiger partial charge in [-0.05, 0) is 0 Å². The lowest BCUT2D eigenvalue weighted by atomic mass is 10.1. The standard InChI is InChI=1S/C14H18N6O2/c1-14(2,3)20-8-9(7-16-20)17-11-10(6-15)12(21)19(5)13(22)18(11)4/h7-8,10H,1-5H3/p+1. The van der Waals surface area contributed by atoms with E-state index in [4.69, 9.17) is 0 Å². The molecule has 116 valence electrons. The van der Waals surface area contributed by atoms with E-state index in [0.717, 1.165) is 4.90 Å². The van der Waals surface area contributed by atoms with Crippen LogP contribution in [0.25, 0.3) is 0 Å². The smallest absolute Gasteiger partial charge is 0.283 e. The molecule has 0 saturated carbocycles. The maximum absolute atomic E-state index is 12.0. The Morgan fingerprint density at radius 1 is 1.32 bits per heavy atom. The van der Waals surface area contributed by atoms with E-state index in [1.165, 1.54) is 19.0 Å². The molecule has 3 amide bonds. The van der Waals surface area contributed by atoms with Crippen molar-refractivity contribution in [1.29, 1.82) is 5.26 Å². The zero-order chi connectivity index (χ0) is 16.7. The second-order valence-electron chi connectivity index (χ2n) is 6.14. The van der Waals surface area contributed by atoms with Crippen molar-refractivity contribution in [3.63, 3.8) is 0 Å². The molecule has 0 bridgehead atoms. The Labute approximate surface area is 128 Å². The van der Waals surface area contributed by atoms with Gasteiger partial charge in [-0.2, -0.15) is 10.4 Å². The number of nitrogens with zero attached hydrogens (tertiary/aromatic N) is 5. The highest BCUT2D eigenvalue weighted by atomic mass is 16.2. The lowest BCUT2D eigenvalue weighted by molar-refractivity contribution is -0.802. The predicted molar refractivity (Wildman–Crippen MR) is 78.1 cm³/mol. The first-order chi connectivity index (χ1) is 10.2. The van der Waals surface area contributed by atoms with Crippen LogP contribution in [-0.2, 0) is 10.3 Å². The largest absolute Gasteiger partial charge is 0.331 e. The van der Waals surface area contributed by atoms with E-state index in [1.54, 1.807) is 12.4 Å². The minimum absolute atomic E-state index is 0.135. The van der Waals surface area contributed by atoms with Crippen molar-refractivity contribution in [2.45, 2.75) is 26.3 Å². The summed E-state index contributed by atoms with van der Waals surface area (Å²) in [7, 11) is 2.85. The average molecular weight is 303 g/mol. The van der Waals surface area contributed by atoms with Gasteiger partial charge in [-0.3, -0.25) is 14.6 Å². The summed E-state index contributed by atoms with van der Waals surface area (Å²) in [5.41, 5.74) is 0.388. The molecule has 1 aromatic rings. The number of H-pyrrole nitrogens is 1. The third kappa shape index (κ3) is 2.57. The van der Waals surface area contributed by atoms with Crippen LogP contribution in [0.2, 0.25) is 0 Å². The van der Waals surface area contributed by atoms with Crippen LogP contribution in [0.3, 0.4) is 0 Å². The second kappa shape index (κ2) is 5.26. The third-order valence-electron chi connectivity index (χ3n) is 3.46. The number of nitrogens with one attached hydrogen (secondary N) is 1. The lowest BCUT2D eigenvalue weighted by Crippen LogP contribution is -2.56. The van der Waals surface area contributed by atoms with Gasteiger partial charge in [-0.25, -0.2) is 9.79 Å². The van der Waals surface area contributed by atoms with Crippen LogP contribution >= 0.6 is 0 Å². The first-order valence-corrected chi connectivity index (χ1v) is 6.81. The molecule has 1 saturated heterocycles. The van der Waals surface area contributed by atoms with Crippen LogP contribution in [0, 0.1) is 17.2 Å². The van der Waals surface area contributed by atoms with Crippen molar-refractivity contribution in [2.75, 3.05) is 14.1 Å². The molecule has 0 radical (unpaired) electrons. The molecule has 2 rings (SSSR count). The zero-order valence-corrected chi connectivity index (χ0v) is 13.3. The highest BCUT2D eigenvalue weighted by Crippen LogP contribution is 2.20. The number of urea groups is 1. The zero-order valence-electron chi connectivity index (χ0n) is 13.3. The molecule has 1 unspecified atom stereocenters. The van der Waals surface area contributed by atoms with Crippen molar-refractivity contribution in [3.8, 4) is 6.07 Å². The van der Waals surface area contributed by atoms with Gasteiger partial charge in [-0.1, -0.05) is 0 Å². The van der Waals surface area contributed by atoms with Crippen LogP contribution in [0.4, 0.5) is 10.5 Å². The molecule has 22 heavy (non-hydrogen) atoms. The summed E-state index contributed by atoms with van der Waals surface area (Å²) >= 11 is 0. The third-order valence-corrected chi connectivity index (χ3v) is 3.46. The normalized spacial score (nSPS) is 21.5. The van der Waals surface area contributed by atoms with E-state index < -0.39 is 17.9 Å². The molecule has 1 atom stereocenters. The molecular formula is C14H19N6O2+. The van der Waals surface area contributed by atoms with Crippen LogP contribution in [-0.4, -0.2) is 46.8 Å². The van der Waals surface area contributed by atoms with E-state index in [0.29, 0.717) is 5.69 Å². The van der Waals surface area contributed by atoms with Crippen molar-refractivity contribution in [1.82, 2.24) is 14.9 Å². The molecule has 8 heteroatoms. The molecule has 1 fully saturated rings. The summed E-state index contributed by atoms with van der Waals surface area (Å²) in [4.78, 5) is 30.5. The number of hydrogen-bond acceptors (Lipinski definition) is 4. The first-order valence-electron chi connectivity index (χ1n) is 6.81. The Morgan fingerprint density at radius 3 is 2.45 bits per heavy atom. The fraction of sp³-hybridized carbons (Fsp3) is 0.500. The quantitative estimate of drug-likeness (QED) is 0.775. The fourth-order valence-electron chi connectivity index (χ4n) is 2.09. The number of nitriles is 1. The van der Waals surface area contributed by atoms with Crippen molar-refractivity contribution < 1.29 is 14.3 Å². The summed E-state index contributed by atoms with van der Waals surface area (Å²) < 4.78 is 1.85. The van der Waals surface area contributed by atoms with Gasteiger partial charge in [0.15, 0.2) is 17.1 Å². The lowest BCUT2D eigenvalue weighted by Gasteiger charge is -2.32. The maximum Gasteiger partial charge on any atom is 0.331 e. The minimum atomic E-state index is -1.09. The van der Waals surface area contributed by atoms with Gasteiger partial charge in [0.05, 0.1) is 12.3 Å². The maximum atomic E-state index is 12.0. The van der Waals surface area contributed by atoms with Gasteiger partial charge in [0, 0.05) is 34.9 Å². The Kier molecular flexibility index (Phi) is 3.75. The molecule has 0 aromatic carbocycles. The molecule has 0 spiro atoms. The highest BCUT2D eigenvalue weighted by Gasteiger charge is 2.41. The van der Waals surface area contributed by atoms with E-state index in [2.05, 4.69) is 10.1 Å². The van der Waals surface area contributed by atoms with Gasteiger partial charge < -0.3 is 0 Å². The van der Waals surface area contributed by atoms with Gasteiger partial charge in [0.2, 0.25) is 6.20 Å². The number of rotatable bonds is 1. The number of carbonyl (C=O) groups excluding carboxylic acids is 2. The number of imide groups is 1. The van der Waals surface area contributed by atoms with Crippen LogP contribution in [0.1, 0.15) is 20.8 Å². The van der Waals surface area contributed by atoms with Crippen LogP contribution in [0.5, 0.6) is 0 Å². The average Bonchev–Trinajstić information content (AvgIpc) is 2.91. The molecule has 1 aromatic heterocycles. The number of amidine groups is 1. The SMILES string of the molecule is CN1C(=O)C(C#N)C(=Nc2c[nH][n+](C(C)(C)C)c2)N(C)C1=O. The van der Waals surface area contributed by atoms with E-state index in [1.807, 2.05) is 31.5 Å². The number of aromatic amines is 1. The molecular weight excluding hydrogens is 284 g/mol. The fourth-order valence-corrected chi connectivity index (χ4v) is 2.09. The Bertz CT molecular complexity index is 691. The topological polar surface area (TPSA) is 96.4 Å². The summed E-state index contributed by atoms with van der Waals surface area (Å²) in [6, 6.07) is 1.40. The van der Waals surface area contributed by atoms with Crippen LogP contribution < -0.4 is 4.68 Å². The second-order valence-corrected chi connectivity index (χ2v) is 6.14. The summed E-state index contributed by atoms with van der Waals surface area (Å²) in [6.45, 7) is 6.06. The molecule has 0 aliphatic carbocycles. The number of aromatic nitrogens is 2. The Morgan fingerprint density at radius 2 is 1.95 bits per heavy atom. The molecule has 1 aliphatic heterocycles. The van der Waals surface area contributed by atoms with E-state index in [9.17, 15) is 14.9 Å². The van der Waals surface area contributed by atoms with Crippen molar-refractivity contribution in [3.05, 3.63) is 12.4 Å². The van der Waals surface area contributed by atoms with Gasteiger partial charge in [0.1, 0.15) is 5.84 Å². The monoisotopic (exact) mass is 303 g/mol. The van der Waals surface area contributed by atoms with E-state index in [-0.39, 0.29) is 11.4 Å². The Hall–Kier alpha value is -2.69. The molecule has 1 aliphatic rings. The van der Waals surface area contributed by atoms with Gasteiger partial charge in [0.25, 0.3) is 5.91 Å². The summed E-state index contributed by atoms with van der Waals surface area (Å²) in [5, 5.41) is 12.3. The summed E-state index contributed by atoms with van der Waals surface area (Å²) in [6.07, 6.45) is 3.43. The van der Waals surface area contributed by atoms with Crippen molar-refractivity contribution >= 4 is 23.5 Å². The van der Waals surface area contributed by atoms with E-state index >= 15 is 0 Å². The number of amides is 3. The van der Waals surface area contributed by atoms with Gasteiger partial charge in [-0.15, -0.1) is 4.68 Å². The number of aliphatic imine (C=N–C) groups is 1. The number of hydrogen-bond donors (Lipinski definition) is 1. The predicted octanol–water partition coefficient (Wildman–Crippen LogP) is 0.751. The molecule has 8 nitrogen and oxygen atoms in total.